The predicted octanol–water partition coefficient (Wildman–Crippen LogP) is 4.84. The average Bonchev–Trinajstić information content (AvgIpc) is 0.761. The van der Waals surface area contributed by atoms with Gasteiger partial charge in [-0.15, -0.1) is 0 Å². The molecule has 7 rings (SSSR count). The van der Waals surface area contributed by atoms with Gasteiger partial charge in [0.2, 0.25) is 5.91 Å². The van der Waals surface area contributed by atoms with Crippen molar-refractivity contribution in [3.05, 3.63) is 132 Å². The standard InChI is InChI=1S/C63H86N10O24/c1-61(2,3)96-59(81)69(8)53-50(76)55(93-35-63(53,7)83)95-52-46(66-54(77)47(74)23-26-65-56(78)90-32-37-9-15-40(16-10-37)71(84)85)29-45(68-58(80)92-34-39-13-19-42(20-14-39)73(88)89)48(49(52)75)51-44(67-57(79)91-33-38-11-17-41(18-12-38)72(86)87)22-21-43(94-51)31-64-30-36-24-27-70(28-25-36)60(82)97-62(4,5)6/h9-21,36,44-53,55,64,74-76,83H,22-35H2,1-8H3,(H,65,78)(H,66,77)(H,67,79)(H,68,80)/t44-,45+,46-,47+,48-,49+,50-,51?,52+,53-,55-,63+/m1/s1. The number of carbonyl (C=O) groups excluding carboxylic acids is 6. The first-order valence-corrected chi connectivity index (χ1v) is 31.5. The minimum absolute atomic E-state index is 0.0299. The molecule has 0 radical (unpaired) electrons. The van der Waals surface area contributed by atoms with Gasteiger partial charge in [-0.2, -0.15) is 0 Å². The van der Waals surface area contributed by atoms with Gasteiger partial charge in [-0.1, -0.05) is 0 Å². The van der Waals surface area contributed by atoms with E-state index in [1.165, 1.54) is 86.8 Å². The van der Waals surface area contributed by atoms with Crippen LogP contribution < -0.4 is 26.6 Å². The summed E-state index contributed by atoms with van der Waals surface area (Å²) in [6.45, 7) is 10.8. The normalized spacial score (nSPS) is 24.7. The maximum absolute atomic E-state index is 14.3. The summed E-state index contributed by atoms with van der Waals surface area (Å²) in [5, 5.41) is 96.5. The van der Waals surface area contributed by atoms with E-state index in [2.05, 4.69) is 26.6 Å². The molecule has 0 spiro atoms. The number of aliphatic hydroxyl groups is 4. The van der Waals surface area contributed by atoms with E-state index in [-0.39, 0.29) is 55.7 Å². The summed E-state index contributed by atoms with van der Waals surface area (Å²) in [4.78, 5) is 116. The highest BCUT2D eigenvalue weighted by molar-refractivity contribution is 5.81. The van der Waals surface area contributed by atoms with Crippen molar-refractivity contribution in [1.82, 2.24) is 36.4 Å². The number of amides is 6. The van der Waals surface area contributed by atoms with E-state index in [4.69, 9.17) is 37.9 Å². The van der Waals surface area contributed by atoms with E-state index in [9.17, 15) is 79.5 Å². The number of hydrogen-bond donors (Lipinski definition) is 9. The first-order valence-electron chi connectivity index (χ1n) is 31.5. The number of rotatable bonds is 24. The van der Waals surface area contributed by atoms with E-state index < -0.39 is 161 Å². The number of likely N-dealkylation sites (N-methyl/N-ethyl adjacent to an activating group) is 1. The lowest BCUT2D eigenvalue weighted by atomic mass is 9.72. The molecule has 3 heterocycles. The molecule has 3 fully saturated rings. The molecule has 532 valence electrons. The van der Waals surface area contributed by atoms with Crippen LogP contribution in [0.3, 0.4) is 0 Å². The van der Waals surface area contributed by atoms with Crippen molar-refractivity contribution < 1.29 is 102 Å². The van der Waals surface area contributed by atoms with E-state index in [1.54, 1.807) is 52.5 Å². The van der Waals surface area contributed by atoms with E-state index in [1.807, 2.05) is 0 Å². The highest BCUT2D eigenvalue weighted by atomic mass is 16.7. The van der Waals surface area contributed by atoms with Crippen LogP contribution in [-0.2, 0) is 62.5 Å². The second-order valence-electron chi connectivity index (χ2n) is 26.3. The number of non-ortho nitro benzene ring substituents is 3. The van der Waals surface area contributed by atoms with Crippen LogP contribution in [0, 0.1) is 42.2 Å². The number of piperidine rings is 1. The van der Waals surface area contributed by atoms with Crippen molar-refractivity contribution in [2.24, 2.45) is 11.8 Å². The Morgan fingerprint density at radius 2 is 1.21 bits per heavy atom. The van der Waals surface area contributed by atoms with Gasteiger partial charge >= 0.3 is 30.5 Å². The van der Waals surface area contributed by atoms with Crippen molar-refractivity contribution in [1.29, 1.82) is 0 Å². The fraction of sp³-hybridized carbons (Fsp3) is 0.587. The Balaban J connectivity index is 1.20. The third-order valence-corrected chi connectivity index (χ3v) is 16.4. The summed E-state index contributed by atoms with van der Waals surface area (Å²) in [5.41, 5.74) is -3.23. The zero-order valence-corrected chi connectivity index (χ0v) is 55.0. The topological polar surface area (TPSA) is 453 Å². The highest BCUT2D eigenvalue weighted by Crippen LogP contribution is 2.39. The van der Waals surface area contributed by atoms with Crippen LogP contribution in [-0.4, -0.2) is 206 Å². The van der Waals surface area contributed by atoms with Crippen molar-refractivity contribution in [2.45, 2.75) is 178 Å². The van der Waals surface area contributed by atoms with Crippen molar-refractivity contribution in [2.75, 3.05) is 46.4 Å². The quantitative estimate of drug-likeness (QED) is 0.0329. The summed E-state index contributed by atoms with van der Waals surface area (Å²) in [5.74, 6) is -2.19. The Bertz CT molecular complexity index is 3270. The fourth-order valence-corrected chi connectivity index (χ4v) is 11.6. The number of nitro groups is 3. The molecule has 34 nitrogen and oxygen atoms in total. The van der Waals surface area contributed by atoms with Gasteiger partial charge in [0.15, 0.2) is 6.29 Å². The van der Waals surface area contributed by atoms with Crippen LogP contribution in [0.25, 0.3) is 0 Å². The summed E-state index contributed by atoms with van der Waals surface area (Å²) in [6, 6.07) is 9.95. The minimum Gasteiger partial charge on any atom is -0.491 e. The lowest BCUT2D eigenvalue weighted by Gasteiger charge is -2.52. The maximum atomic E-state index is 14.3. The molecule has 97 heavy (non-hydrogen) atoms. The minimum atomic E-state index is -2.00. The second kappa shape index (κ2) is 33.3. The number of ether oxygens (including phenoxy) is 8. The van der Waals surface area contributed by atoms with Gasteiger partial charge in [0.1, 0.15) is 66.8 Å². The number of nitrogens with zero attached hydrogens (tertiary/aromatic N) is 5. The van der Waals surface area contributed by atoms with Crippen LogP contribution in [0.5, 0.6) is 0 Å². The Labute approximate surface area is 558 Å². The van der Waals surface area contributed by atoms with Crippen LogP contribution in [0.4, 0.5) is 41.0 Å². The number of nitro benzene ring substituents is 3. The molecule has 1 saturated carbocycles. The molecule has 3 aliphatic heterocycles. The number of nitrogens with one attached hydrogen (secondary N) is 5. The third-order valence-electron chi connectivity index (χ3n) is 16.4. The number of carbonyl (C=O) groups is 6. The summed E-state index contributed by atoms with van der Waals surface area (Å²) >= 11 is 0. The second-order valence-corrected chi connectivity index (χ2v) is 26.3. The van der Waals surface area contributed by atoms with Crippen molar-refractivity contribution in [3.63, 3.8) is 0 Å². The first kappa shape index (κ1) is 75.3. The lowest BCUT2D eigenvalue weighted by Crippen LogP contribution is -2.71. The Morgan fingerprint density at radius 1 is 0.711 bits per heavy atom. The molecule has 12 atom stereocenters. The average molecular weight is 1370 g/mol. The molecule has 4 aliphatic rings. The fourth-order valence-electron chi connectivity index (χ4n) is 11.6. The Morgan fingerprint density at radius 3 is 1.70 bits per heavy atom. The molecule has 34 heteroatoms. The molecule has 1 unspecified atom stereocenters. The summed E-state index contributed by atoms with van der Waals surface area (Å²) < 4.78 is 46.9. The monoisotopic (exact) mass is 1370 g/mol. The molecule has 1 aliphatic carbocycles. The SMILES string of the molecule is CN(C(=O)OC(C)(C)C)[C@@H]1[C@@H](O)[C@@H](O[C@@H]2[C@@H](O)[C@H](C3OC(CNCC4CCN(C(=O)OC(C)(C)C)CC4)=CC[C@H]3NC(=O)OCc3ccc([N+](=O)[O-])cc3)[C@@H](NC(=O)OCc3ccc([N+](=O)[O-])cc3)C[C@H]2NC(=O)[C@@H](O)CCNC(=O)OCc2ccc([N+](=O)[O-])cc2)OC[C@]1(C)O. The predicted molar refractivity (Wildman–Crippen MR) is 338 cm³/mol. The van der Waals surface area contributed by atoms with E-state index in [0.717, 1.165) is 4.90 Å². The highest BCUT2D eigenvalue weighted by Gasteiger charge is 2.57. The number of hydrogen-bond acceptors (Lipinski definition) is 25. The molecule has 6 amide bonds. The third kappa shape index (κ3) is 22.0. The van der Waals surface area contributed by atoms with Crippen LogP contribution in [0.1, 0.15) is 97.3 Å². The van der Waals surface area contributed by atoms with Gasteiger partial charge in [-0.05, 0) is 152 Å². The van der Waals surface area contributed by atoms with Crippen LogP contribution >= 0.6 is 0 Å². The maximum Gasteiger partial charge on any atom is 0.410 e. The number of aliphatic hydroxyl groups excluding tert-OH is 3. The molecule has 2 saturated heterocycles. The van der Waals surface area contributed by atoms with Crippen molar-refractivity contribution in [3.8, 4) is 0 Å². The molecule has 3 aromatic rings. The van der Waals surface area contributed by atoms with Gasteiger partial charge in [-0.3, -0.25) is 35.1 Å². The summed E-state index contributed by atoms with van der Waals surface area (Å²) in [6.07, 6.45) is -13.4. The molecule has 3 aromatic carbocycles. The summed E-state index contributed by atoms with van der Waals surface area (Å²) in [7, 11) is 1.26. The molecule has 0 aromatic heterocycles. The molecule has 0 bridgehead atoms. The molecular weight excluding hydrogens is 1280 g/mol. The van der Waals surface area contributed by atoms with Crippen LogP contribution in [0.2, 0.25) is 0 Å². The molecular formula is C63H86N10O24. The number of alkyl carbamates (subject to hydrolysis) is 3. The van der Waals surface area contributed by atoms with Gasteiger partial charge in [0.25, 0.3) is 17.1 Å². The van der Waals surface area contributed by atoms with E-state index >= 15 is 0 Å². The smallest absolute Gasteiger partial charge is 0.410 e. The van der Waals surface area contributed by atoms with E-state index in [0.29, 0.717) is 54.9 Å². The zero-order valence-electron chi connectivity index (χ0n) is 55.0. The van der Waals surface area contributed by atoms with Crippen molar-refractivity contribution >= 4 is 53.4 Å². The Hall–Kier alpha value is -9.06. The van der Waals surface area contributed by atoms with Gasteiger partial charge in [0, 0.05) is 75.0 Å². The first-order chi connectivity index (χ1) is 45.6. The largest absolute Gasteiger partial charge is 0.491 e. The van der Waals surface area contributed by atoms with Gasteiger partial charge in [0.05, 0.1) is 52.2 Å². The van der Waals surface area contributed by atoms with Gasteiger partial charge < -0.3 is 94.7 Å². The van der Waals surface area contributed by atoms with Gasteiger partial charge in [-0.25, -0.2) is 24.0 Å². The Kier molecular flexibility index (Phi) is 25.8. The molecule has 9 N–H and O–H groups in total. The lowest BCUT2D eigenvalue weighted by molar-refractivity contribution is -0.385. The number of likely N-dealkylation sites (tertiary alicyclic amines) is 1. The zero-order chi connectivity index (χ0) is 71.1. The number of benzene rings is 3. The van der Waals surface area contributed by atoms with Crippen LogP contribution in [0.15, 0.2) is 84.6 Å².